The molecule has 0 aromatic carbocycles. The van der Waals surface area contributed by atoms with Gasteiger partial charge in [-0.25, -0.2) is 15.0 Å². The van der Waals surface area contributed by atoms with Crippen molar-refractivity contribution in [2.45, 2.75) is 25.3 Å². The molecule has 4 nitrogen and oxygen atoms in total. The summed E-state index contributed by atoms with van der Waals surface area (Å²) >= 11 is 7.56. The average Bonchev–Trinajstić information content (AvgIpc) is 3.04. The number of hydrogen-bond donors (Lipinski definition) is 1. The van der Waals surface area contributed by atoms with Gasteiger partial charge in [-0.2, -0.15) is 0 Å². The van der Waals surface area contributed by atoms with Crippen molar-refractivity contribution in [2.75, 3.05) is 5.32 Å². The molecule has 1 fully saturated rings. The average molecular weight is 267 g/mol. The second-order valence-corrected chi connectivity index (χ2v) is 5.15. The first kappa shape index (κ1) is 10.9. The minimum Gasteiger partial charge on any atom is -0.364 e. The maximum atomic E-state index is 5.98. The quantitative estimate of drug-likeness (QED) is 0.864. The highest BCUT2D eigenvalue weighted by molar-refractivity contribution is 7.07. The van der Waals surface area contributed by atoms with Gasteiger partial charge in [0.05, 0.1) is 17.7 Å². The smallest absolute Gasteiger partial charge is 0.135 e. The zero-order chi connectivity index (χ0) is 11.7. The van der Waals surface area contributed by atoms with Gasteiger partial charge in [0.2, 0.25) is 0 Å². The first-order valence-electron chi connectivity index (χ1n) is 5.46. The number of thiazole rings is 1. The number of rotatable bonds is 4. The molecule has 1 saturated carbocycles. The summed E-state index contributed by atoms with van der Waals surface area (Å²) in [5, 5.41) is 5.73. The summed E-state index contributed by atoms with van der Waals surface area (Å²) in [7, 11) is 0. The van der Waals surface area contributed by atoms with Gasteiger partial charge >= 0.3 is 0 Å². The first-order chi connectivity index (χ1) is 8.31. The van der Waals surface area contributed by atoms with E-state index >= 15 is 0 Å². The predicted molar refractivity (Wildman–Crippen MR) is 68.5 cm³/mol. The highest BCUT2D eigenvalue weighted by Crippen LogP contribution is 2.38. The second kappa shape index (κ2) is 4.58. The summed E-state index contributed by atoms with van der Waals surface area (Å²) in [6.07, 6.45) is 2.34. The fraction of sp³-hybridized carbons (Fsp3) is 0.364. The molecule has 0 saturated heterocycles. The molecule has 1 aliphatic carbocycles. The minimum absolute atomic E-state index is 0.502. The Hall–Kier alpha value is -1.20. The molecule has 0 spiro atoms. The van der Waals surface area contributed by atoms with Crippen LogP contribution in [0.3, 0.4) is 0 Å². The number of halogens is 1. The van der Waals surface area contributed by atoms with Crippen molar-refractivity contribution in [2.24, 2.45) is 0 Å². The van der Waals surface area contributed by atoms with Gasteiger partial charge in [-0.3, -0.25) is 0 Å². The van der Waals surface area contributed by atoms with E-state index in [1.54, 1.807) is 17.4 Å². The molecule has 0 amide bonds. The summed E-state index contributed by atoms with van der Waals surface area (Å²) < 4.78 is 0. The topological polar surface area (TPSA) is 50.7 Å². The van der Waals surface area contributed by atoms with Crippen molar-refractivity contribution >= 4 is 28.8 Å². The van der Waals surface area contributed by atoms with Crippen LogP contribution >= 0.6 is 22.9 Å². The van der Waals surface area contributed by atoms with Crippen LogP contribution in [0.5, 0.6) is 0 Å². The Labute approximate surface area is 108 Å². The molecule has 2 aromatic rings. The second-order valence-electron chi connectivity index (χ2n) is 4.04. The molecule has 6 heteroatoms. The van der Waals surface area contributed by atoms with Crippen molar-refractivity contribution in [3.05, 3.63) is 33.6 Å². The fourth-order valence-electron chi connectivity index (χ4n) is 1.56. The lowest BCUT2D eigenvalue weighted by Crippen LogP contribution is -2.04. The van der Waals surface area contributed by atoms with Crippen LogP contribution < -0.4 is 5.32 Å². The maximum Gasteiger partial charge on any atom is 0.135 e. The molecule has 1 N–H and O–H groups in total. The zero-order valence-electron chi connectivity index (χ0n) is 9.06. The van der Waals surface area contributed by atoms with E-state index in [0.29, 0.717) is 17.6 Å². The lowest BCUT2D eigenvalue weighted by Gasteiger charge is -2.06. The fourth-order valence-corrected chi connectivity index (χ4v) is 2.30. The zero-order valence-corrected chi connectivity index (χ0v) is 10.6. The molecular weight excluding hydrogens is 256 g/mol. The Morgan fingerprint density at radius 3 is 3.00 bits per heavy atom. The van der Waals surface area contributed by atoms with E-state index in [4.69, 9.17) is 11.6 Å². The van der Waals surface area contributed by atoms with Crippen molar-refractivity contribution in [1.29, 1.82) is 0 Å². The Morgan fingerprint density at radius 1 is 1.41 bits per heavy atom. The Morgan fingerprint density at radius 2 is 2.29 bits per heavy atom. The van der Waals surface area contributed by atoms with E-state index in [-0.39, 0.29) is 0 Å². The monoisotopic (exact) mass is 266 g/mol. The van der Waals surface area contributed by atoms with Crippen LogP contribution in [0.4, 0.5) is 5.82 Å². The number of nitrogens with zero attached hydrogens (tertiary/aromatic N) is 3. The SMILES string of the molecule is Clc1cc(NCc2cscn2)nc(C2CC2)n1. The van der Waals surface area contributed by atoms with E-state index in [1.807, 2.05) is 10.9 Å². The van der Waals surface area contributed by atoms with Crippen molar-refractivity contribution in [3.63, 3.8) is 0 Å². The van der Waals surface area contributed by atoms with Crippen molar-refractivity contribution < 1.29 is 0 Å². The Balaban J connectivity index is 1.73. The lowest BCUT2D eigenvalue weighted by molar-refractivity contribution is 0.918. The largest absolute Gasteiger partial charge is 0.364 e. The molecule has 2 aromatic heterocycles. The summed E-state index contributed by atoms with van der Waals surface area (Å²) in [5.74, 6) is 2.15. The number of nitrogens with one attached hydrogen (secondary N) is 1. The number of hydrogen-bond acceptors (Lipinski definition) is 5. The van der Waals surface area contributed by atoms with Crippen LogP contribution in [-0.4, -0.2) is 15.0 Å². The van der Waals surface area contributed by atoms with Crippen molar-refractivity contribution in [1.82, 2.24) is 15.0 Å². The Kier molecular flexibility index (Phi) is 2.94. The van der Waals surface area contributed by atoms with Gasteiger partial charge in [-0.15, -0.1) is 11.3 Å². The van der Waals surface area contributed by atoms with Gasteiger partial charge in [0.25, 0.3) is 0 Å². The third-order valence-electron chi connectivity index (χ3n) is 2.59. The van der Waals surface area contributed by atoms with Crippen LogP contribution in [0.1, 0.15) is 30.3 Å². The summed E-state index contributed by atoms with van der Waals surface area (Å²) in [4.78, 5) is 12.9. The van der Waals surface area contributed by atoms with Gasteiger partial charge in [0.1, 0.15) is 16.8 Å². The van der Waals surface area contributed by atoms with Crippen LogP contribution in [0.25, 0.3) is 0 Å². The van der Waals surface area contributed by atoms with E-state index in [9.17, 15) is 0 Å². The molecule has 0 bridgehead atoms. The predicted octanol–water partition coefficient (Wildman–Crippen LogP) is 3.08. The number of anilines is 1. The lowest BCUT2D eigenvalue weighted by atomic mass is 10.4. The third-order valence-corrected chi connectivity index (χ3v) is 3.42. The highest BCUT2D eigenvalue weighted by Gasteiger charge is 2.27. The molecule has 2 heterocycles. The van der Waals surface area contributed by atoms with E-state index in [0.717, 1.165) is 17.3 Å². The van der Waals surface area contributed by atoms with Crippen LogP contribution in [0.15, 0.2) is 17.0 Å². The molecule has 1 aliphatic rings. The first-order valence-corrected chi connectivity index (χ1v) is 6.79. The maximum absolute atomic E-state index is 5.98. The highest BCUT2D eigenvalue weighted by atomic mass is 35.5. The van der Waals surface area contributed by atoms with E-state index < -0.39 is 0 Å². The molecule has 0 unspecified atom stereocenters. The van der Waals surface area contributed by atoms with Crippen LogP contribution in [-0.2, 0) is 6.54 Å². The molecular formula is C11H11ClN4S. The van der Waals surface area contributed by atoms with Crippen molar-refractivity contribution in [3.8, 4) is 0 Å². The third kappa shape index (κ3) is 2.73. The molecule has 0 atom stereocenters. The van der Waals surface area contributed by atoms with Gasteiger partial charge in [0.15, 0.2) is 0 Å². The Bertz CT molecular complexity index is 510. The molecule has 88 valence electrons. The molecule has 0 radical (unpaired) electrons. The normalized spacial score (nSPS) is 14.9. The standard InChI is InChI=1S/C11H11ClN4S/c12-9-3-10(13-4-8-5-17-6-14-8)16-11(15-9)7-1-2-7/h3,5-7H,1-2,4H2,(H,13,15,16). The summed E-state index contributed by atoms with van der Waals surface area (Å²) in [6, 6.07) is 1.75. The van der Waals surface area contributed by atoms with Gasteiger partial charge in [0, 0.05) is 17.4 Å². The van der Waals surface area contributed by atoms with Gasteiger partial charge < -0.3 is 5.32 Å². The summed E-state index contributed by atoms with van der Waals surface area (Å²) in [5.41, 5.74) is 2.83. The van der Waals surface area contributed by atoms with E-state index in [1.165, 1.54) is 12.8 Å². The molecule has 3 rings (SSSR count). The van der Waals surface area contributed by atoms with Gasteiger partial charge in [-0.05, 0) is 12.8 Å². The van der Waals surface area contributed by atoms with Crippen LogP contribution in [0, 0.1) is 0 Å². The number of aromatic nitrogens is 3. The van der Waals surface area contributed by atoms with Gasteiger partial charge in [-0.1, -0.05) is 11.6 Å². The van der Waals surface area contributed by atoms with E-state index in [2.05, 4.69) is 20.3 Å². The van der Waals surface area contributed by atoms with Crippen LogP contribution in [0.2, 0.25) is 5.15 Å². The molecule has 17 heavy (non-hydrogen) atoms. The molecule has 0 aliphatic heterocycles. The minimum atomic E-state index is 0.502. The summed E-state index contributed by atoms with van der Waals surface area (Å²) in [6.45, 7) is 0.668.